The molecule has 1 fully saturated rings. The molecule has 1 saturated heterocycles. The maximum atomic E-state index is 11.7. The molecule has 7 heteroatoms. The molecule has 7 nitrogen and oxygen atoms in total. The third kappa shape index (κ3) is 4.20. The number of carbonyl (C=O) groups is 3. The monoisotopic (exact) mass is 291 g/mol. The van der Waals surface area contributed by atoms with Gasteiger partial charge in [0.2, 0.25) is 5.91 Å². The normalized spacial score (nSPS) is 17.7. The molecule has 0 radical (unpaired) electrons. The van der Waals surface area contributed by atoms with Gasteiger partial charge in [-0.3, -0.25) is 4.79 Å². The Balaban J connectivity index is 1.80. The SMILES string of the molecule is O=C(NCc1ccc(C(=O)O)cc1)N[C@H]1CCCNC1=O. The fourth-order valence-corrected chi connectivity index (χ4v) is 2.07. The fraction of sp³-hybridized carbons (Fsp3) is 0.357. The van der Waals surface area contributed by atoms with Gasteiger partial charge in [-0.25, -0.2) is 9.59 Å². The summed E-state index contributed by atoms with van der Waals surface area (Å²) in [4.78, 5) is 33.9. The van der Waals surface area contributed by atoms with Crippen LogP contribution in [0.5, 0.6) is 0 Å². The number of aromatic carboxylic acids is 1. The molecule has 0 aromatic heterocycles. The Morgan fingerprint density at radius 3 is 2.62 bits per heavy atom. The molecule has 1 aliphatic heterocycles. The fourth-order valence-electron chi connectivity index (χ4n) is 2.07. The van der Waals surface area contributed by atoms with Crippen LogP contribution in [0.25, 0.3) is 0 Å². The lowest BCUT2D eigenvalue weighted by atomic mass is 10.1. The van der Waals surface area contributed by atoms with E-state index >= 15 is 0 Å². The first-order valence-electron chi connectivity index (χ1n) is 6.70. The van der Waals surface area contributed by atoms with Crippen molar-refractivity contribution in [2.75, 3.05) is 6.54 Å². The summed E-state index contributed by atoms with van der Waals surface area (Å²) >= 11 is 0. The lowest BCUT2D eigenvalue weighted by molar-refractivity contribution is -0.124. The Kier molecular flexibility index (Phi) is 4.76. The van der Waals surface area contributed by atoms with Gasteiger partial charge in [-0.15, -0.1) is 0 Å². The highest BCUT2D eigenvalue weighted by Crippen LogP contribution is 2.05. The molecule has 112 valence electrons. The second-order valence-corrected chi connectivity index (χ2v) is 4.81. The number of hydrogen-bond acceptors (Lipinski definition) is 3. The van der Waals surface area contributed by atoms with Crippen LogP contribution in [0.3, 0.4) is 0 Å². The van der Waals surface area contributed by atoms with Crippen molar-refractivity contribution in [3.63, 3.8) is 0 Å². The van der Waals surface area contributed by atoms with E-state index in [1.165, 1.54) is 12.1 Å². The van der Waals surface area contributed by atoms with E-state index in [-0.39, 0.29) is 18.0 Å². The van der Waals surface area contributed by atoms with Crippen LogP contribution in [0.4, 0.5) is 4.79 Å². The molecule has 1 heterocycles. The molecule has 0 bridgehead atoms. The highest BCUT2D eigenvalue weighted by molar-refractivity contribution is 5.88. The second kappa shape index (κ2) is 6.74. The van der Waals surface area contributed by atoms with Crippen molar-refractivity contribution < 1.29 is 19.5 Å². The van der Waals surface area contributed by atoms with Crippen molar-refractivity contribution in [3.8, 4) is 0 Å². The standard InChI is InChI=1S/C14H17N3O4/c18-12-11(2-1-7-15-12)17-14(21)16-8-9-3-5-10(6-4-9)13(19)20/h3-6,11H,1-2,7-8H2,(H,15,18)(H,19,20)(H2,16,17,21)/t11-/m0/s1. The summed E-state index contributed by atoms with van der Waals surface area (Å²) in [5.74, 6) is -1.15. The van der Waals surface area contributed by atoms with Gasteiger partial charge in [0.15, 0.2) is 0 Å². The molecule has 1 aliphatic rings. The van der Waals surface area contributed by atoms with Crippen molar-refractivity contribution in [2.45, 2.75) is 25.4 Å². The summed E-state index contributed by atoms with van der Waals surface area (Å²) in [6.07, 6.45) is 1.47. The molecule has 1 atom stereocenters. The molecule has 0 aliphatic carbocycles. The average molecular weight is 291 g/mol. The Hall–Kier alpha value is -2.57. The number of benzene rings is 1. The van der Waals surface area contributed by atoms with E-state index in [4.69, 9.17) is 5.11 Å². The van der Waals surface area contributed by atoms with Crippen LogP contribution < -0.4 is 16.0 Å². The molecule has 2 rings (SSSR count). The van der Waals surface area contributed by atoms with E-state index < -0.39 is 18.0 Å². The molecule has 3 amide bonds. The first-order valence-corrected chi connectivity index (χ1v) is 6.70. The predicted octanol–water partition coefficient (Wildman–Crippen LogP) is 0.463. The van der Waals surface area contributed by atoms with Crippen LogP contribution in [0, 0.1) is 0 Å². The maximum absolute atomic E-state index is 11.7. The highest BCUT2D eigenvalue weighted by atomic mass is 16.4. The number of carbonyl (C=O) groups excluding carboxylic acids is 2. The van der Waals surface area contributed by atoms with Crippen LogP contribution in [0.15, 0.2) is 24.3 Å². The van der Waals surface area contributed by atoms with Crippen molar-refractivity contribution in [3.05, 3.63) is 35.4 Å². The zero-order chi connectivity index (χ0) is 15.2. The minimum Gasteiger partial charge on any atom is -0.478 e. The first-order chi connectivity index (χ1) is 10.1. The highest BCUT2D eigenvalue weighted by Gasteiger charge is 2.23. The van der Waals surface area contributed by atoms with Crippen LogP contribution >= 0.6 is 0 Å². The van der Waals surface area contributed by atoms with Gasteiger partial charge in [-0.05, 0) is 30.5 Å². The van der Waals surface area contributed by atoms with Gasteiger partial charge < -0.3 is 21.1 Å². The number of amides is 3. The Bertz CT molecular complexity index is 542. The zero-order valence-corrected chi connectivity index (χ0v) is 11.4. The Labute approximate surface area is 121 Å². The van der Waals surface area contributed by atoms with Crippen LogP contribution in [0.1, 0.15) is 28.8 Å². The van der Waals surface area contributed by atoms with Gasteiger partial charge in [-0.2, -0.15) is 0 Å². The number of rotatable bonds is 4. The Morgan fingerprint density at radius 1 is 1.29 bits per heavy atom. The van der Waals surface area contributed by atoms with Crippen LogP contribution in [-0.4, -0.2) is 35.6 Å². The van der Waals surface area contributed by atoms with Crippen LogP contribution in [-0.2, 0) is 11.3 Å². The van der Waals surface area contributed by atoms with Crippen LogP contribution in [0.2, 0.25) is 0 Å². The van der Waals surface area contributed by atoms with E-state index in [0.717, 1.165) is 12.0 Å². The topological polar surface area (TPSA) is 108 Å². The van der Waals surface area contributed by atoms with Gasteiger partial charge in [-0.1, -0.05) is 12.1 Å². The summed E-state index contributed by atoms with van der Waals surface area (Å²) in [6.45, 7) is 0.911. The molecule has 0 unspecified atom stereocenters. The predicted molar refractivity (Wildman–Crippen MR) is 74.8 cm³/mol. The van der Waals surface area contributed by atoms with E-state index in [2.05, 4.69) is 16.0 Å². The third-order valence-electron chi connectivity index (χ3n) is 3.24. The van der Waals surface area contributed by atoms with Gasteiger partial charge >= 0.3 is 12.0 Å². The molecule has 4 N–H and O–H groups in total. The van der Waals surface area contributed by atoms with Gasteiger partial charge in [0, 0.05) is 13.1 Å². The van der Waals surface area contributed by atoms with Gasteiger partial charge in [0.05, 0.1) is 5.56 Å². The molecular weight excluding hydrogens is 274 g/mol. The minimum absolute atomic E-state index is 0.165. The van der Waals surface area contributed by atoms with E-state index in [1.807, 2.05) is 0 Å². The Morgan fingerprint density at radius 2 is 2.00 bits per heavy atom. The summed E-state index contributed by atoms with van der Waals surface area (Å²) in [5.41, 5.74) is 0.977. The molecule has 1 aromatic carbocycles. The maximum Gasteiger partial charge on any atom is 0.335 e. The van der Waals surface area contributed by atoms with E-state index in [0.29, 0.717) is 13.0 Å². The van der Waals surface area contributed by atoms with Crippen molar-refractivity contribution in [1.82, 2.24) is 16.0 Å². The average Bonchev–Trinajstić information content (AvgIpc) is 2.48. The molecular formula is C14H17N3O4. The quantitative estimate of drug-likeness (QED) is 0.646. The summed E-state index contributed by atoms with van der Waals surface area (Å²) < 4.78 is 0. The summed E-state index contributed by atoms with van der Waals surface area (Å²) in [5, 5.41) is 16.7. The lowest BCUT2D eigenvalue weighted by Crippen LogP contribution is -2.52. The molecule has 0 saturated carbocycles. The number of nitrogens with one attached hydrogen (secondary N) is 3. The number of carboxylic acid groups (broad SMARTS) is 1. The van der Waals surface area contributed by atoms with E-state index in [1.54, 1.807) is 12.1 Å². The largest absolute Gasteiger partial charge is 0.478 e. The van der Waals surface area contributed by atoms with Crippen molar-refractivity contribution in [1.29, 1.82) is 0 Å². The van der Waals surface area contributed by atoms with E-state index in [9.17, 15) is 14.4 Å². The zero-order valence-electron chi connectivity index (χ0n) is 11.4. The van der Waals surface area contributed by atoms with Crippen molar-refractivity contribution in [2.24, 2.45) is 0 Å². The summed E-state index contributed by atoms with van der Waals surface area (Å²) in [6, 6.07) is 5.32. The van der Waals surface area contributed by atoms with Gasteiger partial charge in [0.25, 0.3) is 0 Å². The minimum atomic E-state index is -0.990. The number of hydrogen-bond donors (Lipinski definition) is 4. The van der Waals surface area contributed by atoms with Crippen molar-refractivity contribution >= 4 is 17.9 Å². The number of carboxylic acids is 1. The number of urea groups is 1. The lowest BCUT2D eigenvalue weighted by Gasteiger charge is -2.22. The first kappa shape index (κ1) is 14.8. The third-order valence-corrected chi connectivity index (χ3v) is 3.24. The number of piperidine rings is 1. The summed E-state index contributed by atoms with van der Waals surface area (Å²) in [7, 11) is 0. The smallest absolute Gasteiger partial charge is 0.335 e. The molecule has 1 aromatic rings. The molecule has 21 heavy (non-hydrogen) atoms. The molecule has 0 spiro atoms. The van der Waals surface area contributed by atoms with Gasteiger partial charge in [0.1, 0.15) is 6.04 Å². The second-order valence-electron chi connectivity index (χ2n) is 4.81.